The summed E-state index contributed by atoms with van der Waals surface area (Å²) >= 11 is 3.59. The third-order valence-electron chi connectivity index (χ3n) is 0.306. The highest BCUT2D eigenvalue weighted by Gasteiger charge is 1.62. The number of nitrogens with one attached hydrogen (secondary N) is 1. The SMILES string of the molecule is C=CS/C=C\NI. The Bertz CT molecular complexity index is 72.1. The molecule has 3 heteroatoms. The van der Waals surface area contributed by atoms with Crippen LogP contribution in [-0.4, -0.2) is 0 Å². The topological polar surface area (TPSA) is 12.0 Å². The summed E-state index contributed by atoms with van der Waals surface area (Å²) in [5.41, 5.74) is 0. The van der Waals surface area contributed by atoms with Gasteiger partial charge in [-0.2, -0.15) is 0 Å². The van der Waals surface area contributed by atoms with Crippen LogP contribution in [0, 0.1) is 0 Å². The standard InChI is InChI=1S/C4H6INS/c1-2-7-4-3-6-5/h2-4,6H,1H2/b4-3-. The van der Waals surface area contributed by atoms with Crippen molar-refractivity contribution in [3.05, 3.63) is 23.6 Å². The van der Waals surface area contributed by atoms with E-state index in [4.69, 9.17) is 0 Å². The van der Waals surface area contributed by atoms with Gasteiger partial charge in [0, 0.05) is 6.20 Å². The van der Waals surface area contributed by atoms with Gasteiger partial charge in [-0.25, -0.2) is 0 Å². The molecule has 0 radical (unpaired) electrons. The first-order valence-electron chi connectivity index (χ1n) is 1.69. The molecule has 0 spiro atoms. The van der Waals surface area contributed by atoms with Gasteiger partial charge in [-0.1, -0.05) is 6.58 Å². The van der Waals surface area contributed by atoms with Crippen LogP contribution in [0.25, 0.3) is 0 Å². The average molecular weight is 227 g/mol. The zero-order valence-electron chi connectivity index (χ0n) is 3.73. The molecule has 40 valence electrons. The van der Waals surface area contributed by atoms with Crippen LogP contribution >= 0.6 is 34.6 Å². The minimum absolute atomic E-state index is 1.55. The van der Waals surface area contributed by atoms with Crippen LogP contribution in [0.3, 0.4) is 0 Å². The third-order valence-corrected chi connectivity index (χ3v) is 1.15. The molecule has 0 saturated carbocycles. The van der Waals surface area contributed by atoms with E-state index in [0.29, 0.717) is 0 Å². The zero-order valence-corrected chi connectivity index (χ0v) is 6.70. The highest BCUT2D eigenvalue weighted by molar-refractivity contribution is 14.1. The lowest BCUT2D eigenvalue weighted by Gasteiger charge is -1.77. The van der Waals surface area contributed by atoms with Crippen LogP contribution in [0.5, 0.6) is 0 Å². The summed E-state index contributed by atoms with van der Waals surface area (Å²) in [4.78, 5) is 0. The second-order valence-electron chi connectivity index (χ2n) is 0.715. The lowest BCUT2D eigenvalue weighted by atomic mass is 11.1. The molecular weight excluding hydrogens is 221 g/mol. The predicted molar refractivity (Wildman–Crippen MR) is 44.1 cm³/mol. The fraction of sp³-hybridized carbons (Fsp3) is 0. The van der Waals surface area contributed by atoms with Crippen LogP contribution < -0.4 is 3.53 Å². The van der Waals surface area contributed by atoms with Gasteiger partial charge in [0.1, 0.15) is 0 Å². The summed E-state index contributed by atoms with van der Waals surface area (Å²) in [5, 5.41) is 3.68. The first-order chi connectivity index (χ1) is 3.41. The van der Waals surface area contributed by atoms with Crippen molar-refractivity contribution < 1.29 is 0 Å². The van der Waals surface area contributed by atoms with Crippen LogP contribution in [-0.2, 0) is 0 Å². The van der Waals surface area contributed by atoms with Crippen molar-refractivity contribution in [1.82, 2.24) is 3.53 Å². The van der Waals surface area contributed by atoms with Gasteiger partial charge in [-0.05, 0) is 10.8 Å². The summed E-state index contributed by atoms with van der Waals surface area (Å²) in [6, 6.07) is 0. The Morgan fingerprint density at radius 1 is 1.71 bits per heavy atom. The van der Waals surface area contributed by atoms with E-state index in [9.17, 15) is 0 Å². The first-order valence-corrected chi connectivity index (χ1v) is 3.71. The summed E-state index contributed by atoms with van der Waals surface area (Å²) in [7, 11) is 0. The summed E-state index contributed by atoms with van der Waals surface area (Å²) in [6.45, 7) is 3.51. The number of hydrogen-bond donors (Lipinski definition) is 1. The molecule has 1 nitrogen and oxygen atoms in total. The molecule has 0 aliphatic rings. The molecule has 0 bridgehead atoms. The monoisotopic (exact) mass is 227 g/mol. The third kappa shape index (κ3) is 6.36. The molecule has 0 aromatic rings. The lowest BCUT2D eigenvalue weighted by Crippen LogP contribution is -1.74. The van der Waals surface area contributed by atoms with Crippen molar-refractivity contribution >= 4 is 34.6 Å². The fourth-order valence-electron chi connectivity index (χ4n) is 0.121. The van der Waals surface area contributed by atoms with Crippen LogP contribution in [0.1, 0.15) is 0 Å². The first kappa shape index (κ1) is 7.36. The van der Waals surface area contributed by atoms with Gasteiger partial charge in [0.2, 0.25) is 0 Å². The molecular formula is C4H6INS. The Morgan fingerprint density at radius 3 is 2.86 bits per heavy atom. The molecule has 0 atom stereocenters. The molecule has 0 aromatic heterocycles. The Morgan fingerprint density at radius 2 is 2.43 bits per heavy atom. The van der Waals surface area contributed by atoms with Crippen molar-refractivity contribution in [3.63, 3.8) is 0 Å². The van der Waals surface area contributed by atoms with E-state index in [1.807, 2.05) is 34.5 Å². The Kier molecular flexibility index (Phi) is 6.69. The quantitative estimate of drug-likeness (QED) is 0.586. The smallest absolute Gasteiger partial charge is 0.0555 e. The highest BCUT2D eigenvalue weighted by Crippen LogP contribution is 1.99. The average Bonchev–Trinajstić information content (AvgIpc) is 1.69. The van der Waals surface area contributed by atoms with Crippen molar-refractivity contribution in [3.8, 4) is 0 Å². The van der Waals surface area contributed by atoms with Gasteiger partial charge in [0.15, 0.2) is 0 Å². The largest absolute Gasteiger partial charge is 0.334 e. The fourth-order valence-corrected chi connectivity index (χ4v) is 0.802. The predicted octanol–water partition coefficient (Wildman–Crippen LogP) is 2.27. The van der Waals surface area contributed by atoms with E-state index in [2.05, 4.69) is 10.1 Å². The van der Waals surface area contributed by atoms with E-state index in [1.165, 1.54) is 0 Å². The van der Waals surface area contributed by atoms with Gasteiger partial charge in [-0.3, -0.25) is 0 Å². The molecule has 0 heterocycles. The molecule has 0 aliphatic heterocycles. The van der Waals surface area contributed by atoms with Gasteiger partial charge in [0.05, 0.1) is 22.9 Å². The van der Waals surface area contributed by atoms with E-state index < -0.39 is 0 Å². The second kappa shape index (κ2) is 6.36. The lowest BCUT2D eigenvalue weighted by molar-refractivity contribution is 1.51. The molecule has 1 N–H and O–H groups in total. The van der Waals surface area contributed by atoms with E-state index in [-0.39, 0.29) is 0 Å². The van der Waals surface area contributed by atoms with Crippen molar-refractivity contribution in [2.24, 2.45) is 0 Å². The molecule has 0 fully saturated rings. The van der Waals surface area contributed by atoms with Crippen molar-refractivity contribution in [2.45, 2.75) is 0 Å². The van der Waals surface area contributed by atoms with Crippen molar-refractivity contribution in [1.29, 1.82) is 0 Å². The number of thioether (sulfide) groups is 1. The molecule has 0 amide bonds. The Labute approximate surface area is 61.7 Å². The summed E-state index contributed by atoms with van der Waals surface area (Å²) < 4.78 is 2.82. The molecule has 0 saturated heterocycles. The maximum absolute atomic E-state index is 3.51. The molecule has 7 heavy (non-hydrogen) atoms. The molecule has 0 rings (SSSR count). The summed E-state index contributed by atoms with van der Waals surface area (Å²) in [5.74, 6) is 0. The van der Waals surface area contributed by atoms with E-state index in [0.717, 1.165) is 0 Å². The van der Waals surface area contributed by atoms with E-state index >= 15 is 0 Å². The van der Waals surface area contributed by atoms with E-state index in [1.54, 1.807) is 17.2 Å². The molecule has 0 aliphatic carbocycles. The zero-order chi connectivity index (χ0) is 5.54. The van der Waals surface area contributed by atoms with Gasteiger partial charge in [-0.15, -0.1) is 11.8 Å². The second-order valence-corrected chi connectivity index (χ2v) is 2.22. The number of rotatable bonds is 3. The van der Waals surface area contributed by atoms with Gasteiger partial charge in [0.25, 0.3) is 0 Å². The van der Waals surface area contributed by atoms with Crippen molar-refractivity contribution in [2.75, 3.05) is 0 Å². The highest BCUT2D eigenvalue weighted by atomic mass is 127. The van der Waals surface area contributed by atoms with Gasteiger partial charge >= 0.3 is 0 Å². The minimum atomic E-state index is 1.55. The maximum Gasteiger partial charge on any atom is 0.0555 e. The number of halogens is 1. The Hall–Kier alpha value is 0.360. The Balaban J connectivity index is 2.92. The normalized spacial score (nSPS) is 9.29. The minimum Gasteiger partial charge on any atom is -0.334 e. The van der Waals surface area contributed by atoms with Crippen LogP contribution in [0.2, 0.25) is 0 Å². The molecule has 0 aromatic carbocycles. The summed E-state index contributed by atoms with van der Waals surface area (Å²) in [6.07, 6.45) is 1.84. The maximum atomic E-state index is 3.51. The van der Waals surface area contributed by atoms with Crippen LogP contribution in [0.4, 0.5) is 0 Å². The molecule has 0 unspecified atom stereocenters. The van der Waals surface area contributed by atoms with Crippen LogP contribution in [0.15, 0.2) is 23.6 Å². The van der Waals surface area contributed by atoms with Gasteiger partial charge < -0.3 is 3.53 Å². The number of hydrogen-bond acceptors (Lipinski definition) is 2.